The normalized spacial score (nSPS) is 28.9. The van der Waals surface area contributed by atoms with Gasteiger partial charge >= 0.3 is 0 Å². The average Bonchev–Trinajstić information content (AvgIpc) is 2.57. The summed E-state index contributed by atoms with van der Waals surface area (Å²) in [5, 5.41) is 13.1. The van der Waals surface area contributed by atoms with E-state index in [1.165, 1.54) is 0 Å². The molecule has 0 aliphatic heterocycles. The van der Waals surface area contributed by atoms with Crippen molar-refractivity contribution < 1.29 is 14.4 Å². The number of hydrogen-bond donors (Lipinski definition) is 1. The molecule has 4 nitrogen and oxygen atoms in total. The molecule has 1 atom stereocenters. The van der Waals surface area contributed by atoms with Crippen LogP contribution in [0.3, 0.4) is 0 Å². The van der Waals surface area contributed by atoms with Crippen molar-refractivity contribution in [2.24, 2.45) is 5.41 Å². The highest BCUT2D eigenvalue weighted by atomic mass is 16.5. The third-order valence-electron chi connectivity index (χ3n) is 3.35. The van der Waals surface area contributed by atoms with Crippen LogP contribution in [0.15, 0.2) is 10.6 Å². The second-order valence-corrected chi connectivity index (χ2v) is 4.53. The molecular formula is C10H15NO3. The Hall–Kier alpha value is -1.03. The molecule has 1 aromatic rings. The van der Waals surface area contributed by atoms with Crippen molar-refractivity contribution >= 4 is 0 Å². The molecular weight excluding hydrogens is 182 g/mol. The molecule has 0 aromatic carbocycles. The topological polar surface area (TPSA) is 55.5 Å². The molecule has 1 aliphatic carbocycles. The summed E-state index contributed by atoms with van der Waals surface area (Å²) in [5.41, 5.74) is -0.164. The van der Waals surface area contributed by atoms with E-state index in [0.29, 0.717) is 5.88 Å². The third-order valence-corrected chi connectivity index (χ3v) is 3.35. The van der Waals surface area contributed by atoms with Crippen LogP contribution in [-0.4, -0.2) is 24.0 Å². The van der Waals surface area contributed by atoms with Gasteiger partial charge in [0.1, 0.15) is 5.76 Å². The zero-order valence-electron chi connectivity index (χ0n) is 8.70. The molecule has 1 aromatic heterocycles. The van der Waals surface area contributed by atoms with Gasteiger partial charge in [-0.05, 0) is 17.0 Å². The van der Waals surface area contributed by atoms with Crippen LogP contribution in [0, 0.1) is 5.41 Å². The summed E-state index contributed by atoms with van der Waals surface area (Å²) < 4.78 is 10.1. The van der Waals surface area contributed by atoms with Crippen LogP contribution >= 0.6 is 0 Å². The Bertz CT molecular complexity index is 345. The lowest BCUT2D eigenvalue weighted by molar-refractivity contribution is 0.200. The molecule has 1 heterocycles. The summed E-state index contributed by atoms with van der Waals surface area (Å²) in [6, 6.07) is 1.75. The second-order valence-electron chi connectivity index (χ2n) is 4.53. The van der Waals surface area contributed by atoms with E-state index in [9.17, 15) is 5.11 Å². The predicted octanol–water partition coefficient (Wildman–Crippen LogP) is 1.34. The quantitative estimate of drug-likeness (QED) is 0.794. The maximum atomic E-state index is 9.40. The van der Waals surface area contributed by atoms with Gasteiger partial charge in [-0.1, -0.05) is 13.8 Å². The molecule has 2 rings (SSSR count). The number of ether oxygens (including phenoxy) is 1. The van der Waals surface area contributed by atoms with E-state index in [-0.39, 0.29) is 17.4 Å². The fraction of sp³-hybridized carbons (Fsp3) is 0.700. The summed E-state index contributed by atoms with van der Waals surface area (Å²) in [7, 11) is 1.55. The number of aromatic nitrogens is 1. The Labute approximate surface area is 82.9 Å². The fourth-order valence-electron chi connectivity index (χ4n) is 2.06. The lowest BCUT2D eigenvalue weighted by Gasteiger charge is -2.12. The van der Waals surface area contributed by atoms with E-state index in [0.717, 1.165) is 12.2 Å². The Balaban J connectivity index is 2.31. The average molecular weight is 197 g/mol. The highest BCUT2D eigenvalue weighted by Gasteiger charge is 2.64. The first-order valence-corrected chi connectivity index (χ1v) is 4.68. The van der Waals surface area contributed by atoms with Gasteiger partial charge in [0, 0.05) is 6.07 Å². The molecule has 0 amide bonds. The smallest absolute Gasteiger partial charge is 0.254 e. The Morgan fingerprint density at radius 3 is 2.64 bits per heavy atom. The van der Waals surface area contributed by atoms with Crippen LogP contribution in [0.1, 0.15) is 26.0 Å². The highest BCUT2D eigenvalue weighted by molar-refractivity contribution is 5.32. The maximum absolute atomic E-state index is 9.40. The molecule has 4 heteroatoms. The second kappa shape index (κ2) is 2.73. The maximum Gasteiger partial charge on any atom is 0.254 e. The number of hydrogen-bond acceptors (Lipinski definition) is 4. The van der Waals surface area contributed by atoms with Crippen LogP contribution in [0.5, 0.6) is 5.88 Å². The molecule has 0 radical (unpaired) electrons. The first-order valence-electron chi connectivity index (χ1n) is 4.68. The lowest BCUT2D eigenvalue weighted by Crippen LogP contribution is -2.18. The molecule has 1 N–H and O–H groups in total. The SMILES string of the molecule is COc1cc(C2(CO)CC2(C)C)on1. The lowest BCUT2D eigenvalue weighted by atomic mass is 9.94. The summed E-state index contributed by atoms with van der Waals surface area (Å²) in [6.45, 7) is 4.31. The predicted molar refractivity (Wildman–Crippen MR) is 50.2 cm³/mol. The van der Waals surface area contributed by atoms with Gasteiger partial charge < -0.3 is 14.4 Å². The molecule has 0 spiro atoms. The molecule has 0 bridgehead atoms. The van der Waals surface area contributed by atoms with Gasteiger partial charge in [-0.3, -0.25) is 0 Å². The number of nitrogens with zero attached hydrogens (tertiary/aromatic N) is 1. The van der Waals surface area contributed by atoms with Crippen molar-refractivity contribution in [3.63, 3.8) is 0 Å². The molecule has 14 heavy (non-hydrogen) atoms. The summed E-state index contributed by atoms with van der Waals surface area (Å²) >= 11 is 0. The van der Waals surface area contributed by atoms with Gasteiger partial charge in [0.25, 0.3) is 5.88 Å². The molecule has 1 fully saturated rings. The van der Waals surface area contributed by atoms with Gasteiger partial charge in [-0.2, -0.15) is 0 Å². The molecule has 1 unspecified atom stereocenters. The first kappa shape index (κ1) is 9.52. The summed E-state index contributed by atoms with van der Waals surface area (Å²) in [5.74, 6) is 1.19. The Morgan fingerprint density at radius 2 is 2.29 bits per heavy atom. The van der Waals surface area contributed by atoms with Crippen molar-refractivity contribution in [3.05, 3.63) is 11.8 Å². The van der Waals surface area contributed by atoms with Crippen LogP contribution in [0.4, 0.5) is 0 Å². The Morgan fingerprint density at radius 1 is 1.64 bits per heavy atom. The standard InChI is InChI=1S/C10H15NO3/c1-9(2)5-10(9,6-12)7-4-8(13-3)11-14-7/h4,12H,5-6H2,1-3H3. The van der Waals surface area contributed by atoms with Gasteiger partial charge in [0.2, 0.25) is 0 Å². The molecule has 78 valence electrons. The molecule has 1 saturated carbocycles. The third kappa shape index (κ3) is 1.07. The minimum Gasteiger partial charge on any atom is -0.479 e. The van der Waals surface area contributed by atoms with E-state index >= 15 is 0 Å². The van der Waals surface area contributed by atoms with Crippen LogP contribution in [-0.2, 0) is 5.41 Å². The van der Waals surface area contributed by atoms with Crippen molar-refractivity contribution in [3.8, 4) is 5.88 Å². The zero-order chi connectivity index (χ0) is 10.4. The number of aliphatic hydroxyl groups excluding tert-OH is 1. The highest BCUT2D eigenvalue weighted by Crippen LogP contribution is 2.64. The van der Waals surface area contributed by atoms with Gasteiger partial charge in [-0.25, -0.2) is 0 Å². The first-order chi connectivity index (χ1) is 6.55. The van der Waals surface area contributed by atoms with E-state index in [4.69, 9.17) is 9.26 Å². The minimum atomic E-state index is -0.253. The van der Waals surface area contributed by atoms with Crippen LogP contribution < -0.4 is 4.74 Å². The van der Waals surface area contributed by atoms with E-state index in [2.05, 4.69) is 19.0 Å². The van der Waals surface area contributed by atoms with Crippen molar-refractivity contribution in [2.45, 2.75) is 25.7 Å². The van der Waals surface area contributed by atoms with E-state index in [1.807, 2.05) is 0 Å². The summed E-state index contributed by atoms with van der Waals surface area (Å²) in [4.78, 5) is 0. The summed E-state index contributed by atoms with van der Waals surface area (Å²) in [6.07, 6.45) is 0.925. The minimum absolute atomic E-state index is 0.0896. The van der Waals surface area contributed by atoms with Gasteiger partial charge in [0.05, 0.1) is 19.1 Å². The number of methoxy groups -OCH3 is 1. The van der Waals surface area contributed by atoms with Crippen LogP contribution in [0.25, 0.3) is 0 Å². The van der Waals surface area contributed by atoms with Crippen molar-refractivity contribution in [1.82, 2.24) is 5.16 Å². The fourth-order valence-corrected chi connectivity index (χ4v) is 2.06. The van der Waals surface area contributed by atoms with Crippen molar-refractivity contribution in [2.75, 3.05) is 13.7 Å². The van der Waals surface area contributed by atoms with Gasteiger partial charge in [-0.15, -0.1) is 0 Å². The van der Waals surface area contributed by atoms with E-state index in [1.54, 1.807) is 13.2 Å². The zero-order valence-corrected chi connectivity index (χ0v) is 8.70. The monoisotopic (exact) mass is 197 g/mol. The van der Waals surface area contributed by atoms with Crippen LogP contribution in [0.2, 0.25) is 0 Å². The van der Waals surface area contributed by atoms with Gasteiger partial charge in [0.15, 0.2) is 0 Å². The largest absolute Gasteiger partial charge is 0.479 e. The number of aliphatic hydroxyl groups is 1. The van der Waals surface area contributed by atoms with Crippen molar-refractivity contribution in [1.29, 1.82) is 0 Å². The van der Waals surface area contributed by atoms with E-state index < -0.39 is 0 Å². The molecule has 1 aliphatic rings. The number of rotatable bonds is 3. The molecule has 0 saturated heterocycles. The Kier molecular flexibility index (Phi) is 1.86.